The molecule has 1 N–H and O–H groups in total. The number of nitrogens with zero attached hydrogens (tertiary/aromatic N) is 2. The van der Waals surface area contributed by atoms with Gasteiger partial charge < -0.3 is 9.50 Å². The maximum atomic E-state index is 12.4. The van der Waals surface area contributed by atoms with E-state index in [1.807, 2.05) is 0 Å². The van der Waals surface area contributed by atoms with Crippen LogP contribution in [0, 0.1) is 0 Å². The topological polar surface area (TPSA) is 105 Å². The van der Waals surface area contributed by atoms with Crippen LogP contribution in [0.1, 0.15) is 24.8 Å². The summed E-state index contributed by atoms with van der Waals surface area (Å²) in [4.78, 5) is 23.3. The van der Waals surface area contributed by atoms with Crippen LogP contribution in [0.4, 0.5) is 0 Å². The van der Waals surface area contributed by atoms with Gasteiger partial charge >= 0.3 is 10.1 Å². The minimum atomic E-state index is -3.98. The van der Waals surface area contributed by atoms with E-state index in [4.69, 9.17) is 4.18 Å². The van der Waals surface area contributed by atoms with Crippen molar-refractivity contribution in [2.75, 3.05) is 0 Å². The summed E-state index contributed by atoms with van der Waals surface area (Å²) in [5.74, 6) is -0.486. The average molecular weight is 498 g/mol. The molecule has 152 valence electrons. The van der Waals surface area contributed by atoms with Gasteiger partial charge in [0.25, 0.3) is 0 Å². The van der Waals surface area contributed by atoms with Crippen LogP contribution in [0.3, 0.4) is 0 Å². The molecular weight excluding hydrogens is 482 g/mol. The van der Waals surface area contributed by atoms with E-state index in [2.05, 4.69) is 26.3 Å². The lowest BCUT2D eigenvalue weighted by atomic mass is 10.2. The molecule has 2 aromatic carbocycles. The van der Waals surface area contributed by atoms with E-state index in [9.17, 15) is 18.0 Å². The summed E-state index contributed by atoms with van der Waals surface area (Å²) in [6.07, 6.45) is 0. The number of rotatable bonds is 4. The summed E-state index contributed by atoms with van der Waals surface area (Å²) in [6.45, 7) is 2.72. The van der Waals surface area contributed by atoms with Gasteiger partial charge in [0.2, 0.25) is 11.8 Å². The molecule has 0 saturated heterocycles. The lowest BCUT2D eigenvalue weighted by Gasteiger charge is -2.20. The molecular formula is C18H16BrN3O5S2. The number of hydrogen-bond acceptors (Lipinski definition) is 7. The normalized spacial score (nSPS) is 16.3. The summed E-state index contributed by atoms with van der Waals surface area (Å²) >= 11 is 4.52. The molecule has 1 aliphatic rings. The van der Waals surface area contributed by atoms with Crippen molar-refractivity contribution in [2.45, 2.75) is 24.1 Å². The lowest BCUT2D eigenvalue weighted by molar-refractivity contribution is -0.129. The van der Waals surface area contributed by atoms with Gasteiger partial charge in [-0.1, -0.05) is 36.0 Å². The molecule has 1 heterocycles. The van der Waals surface area contributed by atoms with E-state index in [0.717, 1.165) is 0 Å². The van der Waals surface area contributed by atoms with Gasteiger partial charge in [0, 0.05) is 13.8 Å². The minimum absolute atomic E-state index is 0.0402. The standard InChI is InChI=1S/C18H16BrN3O5S2/c1-11(23)20-18-21-22(12(2)24)17(28-18)13-8-9-16(15(19)10-13)27-29(25,26)14-6-4-3-5-7-14/h3-10,17H,1-2H3,(H,20,21,23)/t17-/m1/s1. The molecule has 0 spiro atoms. The number of carbonyl (C=O) groups is 2. The van der Waals surface area contributed by atoms with E-state index < -0.39 is 15.5 Å². The quantitative estimate of drug-likeness (QED) is 0.650. The average Bonchev–Trinajstić information content (AvgIpc) is 3.07. The molecule has 1 aliphatic heterocycles. The van der Waals surface area contributed by atoms with Gasteiger partial charge in [0.1, 0.15) is 10.3 Å². The van der Waals surface area contributed by atoms with E-state index in [0.29, 0.717) is 15.2 Å². The van der Waals surface area contributed by atoms with Gasteiger partial charge in [0.15, 0.2) is 10.9 Å². The number of hydrazone groups is 1. The molecule has 2 amide bonds. The Morgan fingerprint density at radius 1 is 1.17 bits per heavy atom. The van der Waals surface area contributed by atoms with E-state index >= 15 is 0 Å². The predicted molar refractivity (Wildman–Crippen MR) is 113 cm³/mol. The van der Waals surface area contributed by atoms with Crippen molar-refractivity contribution in [1.82, 2.24) is 10.3 Å². The van der Waals surface area contributed by atoms with E-state index in [1.54, 1.807) is 30.3 Å². The van der Waals surface area contributed by atoms with Crippen LogP contribution in [0.2, 0.25) is 0 Å². The van der Waals surface area contributed by atoms with Crippen LogP contribution in [0.25, 0.3) is 0 Å². The second-order valence-electron chi connectivity index (χ2n) is 5.96. The van der Waals surface area contributed by atoms with Gasteiger partial charge in [0.05, 0.1) is 4.47 Å². The summed E-state index contributed by atoms with van der Waals surface area (Å²) in [5.41, 5.74) is 0.672. The van der Waals surface area contributed by atoms with Gasteiger partial charge in [-0.25, -0.2) is 5.01 Å². The third kappa shape index (κ3) is 4.98. The zero-order valence-electron chi connectivity index (χ0n) is 15.3. The third-order valence-electron chi connectivity index (χ3n) is 3.72. The van der Waals surface area contributed by atoms with Crippen molar-refractivity contribution in [3.63, 3.8) is 0 Å². The van der Waals surface area contributed by atoms with Crippen LogP contribution in [-0.2, 0) is 19.7 Å². The second-order valence-corrected chi connectivity index (χ2v) is 9.43. The van der Waals surface area contributed by atoms with Gasteiger partial charge in [-0.2, -0.15) is 8.42 Å². The first-order chi connectivity index (χ1) is 13.7. The smallest absolute Gasteiger partial charge is 0.339 e. The van der Waals surface area contributed by atoms with Gasteiger partial charge in [-0.05, 0) is 45.8 Å². The van der Waals surface area contributed by atoms with Crippen LogP contribution in [0.5, 0.6) is 5.75 Å². The molecule has 0 unspecified atom stereocenters. The predicted octanol–water partition coefficient (Wildman–Crippen LogP) is 3.22. The molecule has 0 aromatic heterocycles. The molecule has 0 aliphatic carbocycles. The molecule has 0 radical (unpaired) electrons. The number of nitrogens with one attached hydrogen (secondary N) is 1. The van der Waals surface area contributed by atoms with Crippen molar-refractivity contribution in [2.24, 2.45) is 5.10 Å². The summed E-state index contributed by atoms with van der Waals surface area (Å²) < 4.78 is 30.5. The van der Waals surface area contributed by atoms with Crippen molar-refractivity contribution in [1.29, 1.82) is 0 Å². The molecule has 8 nitrogen and oxygen atoms in total. The van der Waals surface area contributed by atoms with E-state index in [-0.39, 0.29) is 22.5 Å². The first kappa shape index (κ1) is 21.3. The SMILES string of the molecule is CC(=O)NC1=NN(C(C)=O)[C@@H](c2ccc(OS(=O)(=O)c3ccccc3)c(Br)c2)S1. The highest BCUT2D eigenvalue weighted by Gasteiger charge is 2.33. The highest BCUT2D eigenvalue weighted by Crippen LogP contribution is 2.41. The van der Waals surface area contributed by atoms with Gasteiger partial charge in [-0.3, -0.25) is 9.59 Å². The Balaban J connectivity index is 1.84. The fraction of sp³-hybridized carbons (Fsp3) is 0.167. The Hall–Kier alpha value is -2.37. The number of hydrogen-bond donors (Lipinski definition) is 1. The van der Waals surface area contributed by atoms with Crippen LogP contribution < -0.4 is 9.50 Å². The molecule has 0 fully saturated rings. The molecule has 0 saturated carbocycles. The fourth-order valence-electron chi connectivity index (χ4n) is 2.47. The number of amides is 2. The van der Waals surface area contributed by atoms with E-state index in [1.165, 1.54) is 48.8 Å². The fourth-order valence-corrected chi connectivity index (χ4v) is 5.15. The summed E-state index contributed by atoms with van der Waals surface area (Å²) in [6, 6.07) is 12.6. The highest BCUT2D eigenvalue weighted by atomic mass is 79.9. The first-order valence-electron chi connectivity index (χ1n) is 8.29. The van der Waals surface area contributed by atoms with Crippen molar-refractivity contribution in [3.05, 3.63) is 58.6 Å². The molecule has 11 heteroatoms. The Labute approximate surface area is 180 Å². The summed E-state index contributed by atoms with van der Waals surface area (Å²) in [5, 5.41) is 7.74. The Kier molecular flexibility index (Phi) is 6.30. The monoisotopic (exact) mass is 497 g/mol. The number of halogens is 1. The zero-order chi connectivity index (χ0) is 21.2. The number of carbonyl (C=O) groups excluding carboxylic acids is 2. The molecule has 29 heavy (non-hydrogen) atoms. The zero-order valence-corrected chi connectivity index (χ0v) is 18.5. The largest absolute Gasteiger partial charge is 0.378 e. The Morgan fingerprint density at radius 3 is 2.45 bits per heavy atom. The molecule has 3 rings (SSSR count). The maximum Gasteiger partial charge on any atom is 0.339 e. The van der Waals surface area contributed by atoms with Crippen LogP contribution >= 0.6 is 27.7 Å². The lowest BCUT2D eigenvalue weighted by Crippen LogP contribution is -2.25. The molecule has 0 bridgehead atoms. The Bertz CT molecular complexity index is 1090. The summed E-state index contributed by atoms with van der Waals surface area (Å²) in [7, 11) is -3.98. The van der Waals surface area contributed by atoms with Crippen molar-refractivity contribution < 1.29 is 22.2 Å². The van der Waals surface area contributed by atoms with Crippen LogP contribution in [0.15, 0.2) is 63.0 Å². The van der Waals surface area contributed by atoms with Crippen molar-refractivity contribution >= 4 is 54.8 Å². The third-order valence-corrected chi connectivity index (χ3v) is 6.69. The Morgan fingerprint density at radius 2 is 1.86 bits per heavy atom. The molecule has 2 aromatic rings. The second kappa shape index (κ2) is 8.56. The molecule has 1 atom stereocenters. The number of thioether (sulfide) groups is 1. The minimum Gasteiger partial charge on any atom is -0.378 e. The first-order valence-corrected chi connectivity index (χ1v) is 11.4. The number of amidine groups is 1. The van der Waals surface area contributed by atoms with Crippen molar-refractivity contribution in [3.8, 4) is 5.75 Å². The van der Waals surface area contributed by atoms with Crippen LogP contribution in [-0.4, -0.2) is 30.4 Å². The van der Waals surface area contributed by atoms with Gasteiger partial charge in [-0.15, -0.1) is 5.10 Å². The number of benzene rings is 2. The highest BCUT2D eigenvalue weighted by molar-refractivity contribution is 9.10. The maximum absolute atomic E-state index is 12.4.